The van der Waals surface area contributed by atoms with Gasteiger partial charge >= 0.3 is 0 Å². The van der Waals surface area contributed by atoms with Gasteiger partial charge in [0.05, 0.1) is 0 Å². The molecule has 1 saturated carbocycles. The first-order valence-corrected chi connectivity index (χ1v) is 6.72. The maximum absolute atomic E-state index is 6.03. The number of halogens is 1. The highest BCUT2D eigenvalue weighted by Crippen LogP contribution is 2.33. The molecule has 18 heavy (non-hydrogen) atoms. The third-order valence-corrected chi connectivity index (χ3v) is 3.96. The molecule has 1 aliphatic carbocycles. The molecular weight excluding hydrogens is 248 g/mol. The lowest BCUT2D eigenvalue weighted by Gasteiger charge is -2.34. The summed E-state index contributed by atoms with van der Waals surface area (Å²) in [5.41, 5.74) is 2.11. The Kier molecular flexibility index (Phi) is 2.90. The molecule has 3 rings (SSSR count). The van der Waals surface area contributed by atoms with Crippen molar-refractivity contribution in [2.24, 2.45) is 5.92 Å². The molecule has 0 N–H and O–H groups in total. The highest BCUT2D eigenvalue weighted by Gasteiger charge is 2.28. The highest BCUT2D eigenvalue weighted by atomic mass is 35.5. The molecule has 2 aromatic rings. The van der Waals surface area contributed by atoms with Crippen molar-refractivity contribution in [2.75, 3.05) is 18.5 Å². The molecule has 0 radical (unpaired) electrons. The predicted molar refractivity (Wildman–Crippen MR) is 73.4 cm³/mol. The summed E-state index contributed by atoms with van der Waals surface area (Å²) < 4.78 is 1.89. The van der Waals surface area contributed by atoms with E-state index in [4.69, 9.17) is 11.6 Å². The van der Waals surface area contributed by atoms with Crippen LogP contribution in [-0.2, 0) is 0 Å². The quantitative estimate of drug-likeness (QED) is 0.799. The lowest BCUT2D eigenvalue weighted by molar-refractivity contribution is 0.328. The van der Waals surface area contributed by atoms with Gasteiger partial charge in [0.15, 0.2) is 5.65 Å². The Balaban J connectivity index is 1.86. The topological polar surface area (TPSA) is 33.4 Å². The molecule has 0 aliphatic heterocycles. The zero-order valence-corrected chi connectivity index (χ0v) is 11.4. The van der Waals surface area contributed by atoms with Gasteiger partial charge in [0, 0.05) is 19.0 Å². The zero-order chi connectivity index (χ0) is 12.7. The van der Waals surface area contributed by atoms with Crippen molar-refractivity contribution < 1.29 is 0 Å². The summed E-state index contributed by atoms with van der Waals surface area (Å²) >= 11 is 6.03. The Hall–Kier alpha value is -1.29. The molecular formula is C13H17ClN4. The van der Waals surface area contributed by atoms with Crippen LogP contribution in [-0.4, -0.2) is 33.6 Å². The van der Waals surface area contributed by atoms with Gasteiger partial charge in [-0.15, -0.1) is 11.6 Å². The molecule has 2 heterocycles. The molecule has 0 bridgehead atoms. The maximum atomic E-state index is 6.03. The Morgan fingerprint density at radius 1 is 1.44 bits per heavy atom. The van der Waals surface area contributed by atoms with Crippen LogP contribution in [0.4, 0.5) is 5.82 Å². The number of pyridine rings is 1. The van der Waals surface area contributed by atoms with E-state index >= 15 is 0 Å². The first kappa shape index (κ1) is 11.8. The fourth-order valence-corrected chi connectivity index (χ4v) is 3.10. The average Bonchev–Trinajstić information content (AvgIpc) is 2.73. The number of hydrogen-bond donors (Lipinski definition) is 0. The molecule has 0 unspecified atom stereocenters. The van der Waals surface area contributed by atoms with E-state index in [2.05, 4.69) is 35.0 Å². The number of fused-ring (bicyclic) bond motifs is 1. The van der Waals surface area contributed by atoms with E-state index in [9.17, 15) is 0 Å². The monoisotopic (exact) mass is 264 g/mol. The van der Waals surface area contributed by atoms with Crippen molar-refractivity contribution in [2.45, 2.75) is 25.1 Å². The Morgan fingerprint density at radius 3 is 2.94 bits per heavy atom. The van der Waals surface area contributed by atoms with E-state index < -0.39 is 0 Å². The summed E-state index contributed by atoms with van der Waals surface area (Å²) in [5.74, 6) is 1.80. The second-order valence-electron chi connectivity index (χ2n) is 5.24. The molecule has 1 aliphatic rings. The second-order valence-corrected chi connectivity index (χ2v) is 5.85. The van der Waals surface area contributed by atoms with Crippen molar-refractivity contribution in [3.8, 4) is 0 Å². The van der Waals surface area contributed by atoms with Crippen LogP contribution in [0.25, 0.3) is 5.65 Å². The van der Waals surface area contributed by atoms with E-state index in [1.54, 1.807) is 6.33 Å². The number of alkyl halides is 1. The molecule has 0 aromatic carbocycles. The normalized spacial score (nSPS) is 23.1. The number of aromatic nitrogens is 3. The van der Waals surface area contributed by atoms with Crippen LogP contribution in [0.3, 0.4) is 0 Å². The number of anilines is 1. The number of hydrogen-bond acceptors (Lipinski definition) is 3. The summed E-state index contributed by atoms with van der Waals surface area (Å²) in [4.78, 5) is 6.50. The smallest absolute Gasteiger partial charge is 0.157 e. The molecule has 96 valence electrons. The van der Waals surface area contributed by atoms with Crippen molar-refractivity contribution in [1.29, 1.82) is 0 Å². The highest BCUT2D eigenvalue weighted by molar-refractivity contribution is 6.21. The summed E-state index contributed by atoms with van der Waals surface area (Å²) in [6, 6.07) is 4.20. The first-order chi connectivity index (χ1) is 8.63. The minimum absolute atomic E-state index is 0.382. The van der Waals surface area contributed by atoms with Gasteiger partial charge in [0.25, 0.3) is 0 Å². The van der Waals surface area contributed by atoms with Crippen LogP contribution < -0.4 is 4.90 Å². The predicted octanol–water partition coefficient (Wildman–Crippen LogP) is 2.49. The van der Waals surface area contributed by atoms with E-state index in [1.807, 2.05) is 10.6 Å². The van der Waals surface area contributed by atoms with Crippen molar-refractivity contribution in [3.05, 3.63) is 24.0 Å². The third kappa shape index (κ3) is 2.05. The summed E-state index contributed by atoms with van der Waals surface area (Å²) in [6.45, 7) is 3.12. The molecule has 1 fully saturated rings. The van der Waals surface area contributed by atoms with Gasteiger partial charge in [0.2, 0.25) is 0 Å². The Labute approximate surface area is 112 Å². The Morgan fingerprint density at radius 2 is 2.22 bits per heavy atom. The SMILES string of the molecule is Cc1cc(N(C)CC2CC(Cl)C2)n2ncnc2c1. The molecule has 0 saturated heterocycles. The van der Waals surface area contributed by atoms with Crippen LogP contribution >= 0.6 is 11.6 Å². The van der Waals surface area contributed by atoms with E-state index in [0.717, 1.165) is 30.9 Å². The van der Waals surface area contributed by atoms with Gasteiger partial charge in [-0.2, -0.15) is 9.61 Å². The van der Waals surface area contributed by atoms with E-state index in [1.165, 1.54) is 5.56 Å². The fourth-order valence-electron chi connectivity index (χ4n) is 2.59. The first-order valence-electron chi connectivity index (χ1n) is 6.29. The van der Waals surface area contributed by atoms with Crippen LogP contribution in [0.1, 0.15) is 18.4 Å². The standard InChI is InChI=1S/C13H17ClN4/c1-9-3-12-15-8-16-18(12)13(4-9)17(2)7-10-5-11(14)6-10/h3-4,8,10-11H,5-7H2,1-2H3. The Bertz CT molecular complexity index is 559. The zero-order valence-electron chi connectivity index (χ0n) is 10.7. The van der Waals surface area contributed by atoms with Gasteiger partial charge in [-0.3, -0.25) is 0 Å². The fraction of sp³-hybridized carbons (Fsp3) is 0.538. The van der Waals surface area contributed by atoms with Crippen LogP contribution in [0, 0.1) is 12.8 Å². The third-order valence-electron chi connectivity index (χ3n) is 3.61. The van der Waals surface area contributed by atoms with E-state index in [-0.39, 0.29) is 0 Å². The summed E-state index contributed by atoms with van der Waals surface area (Å²) in [7, 11) is 2.11. The molecule has 4 nitrogen and oxygen atoms in total. The largest absolute Gasteiger partial charge is 0.359 e. The lowest BCUT2D eigenvalue weighted by Crippen LogP contribution is -2.35. The second kappa shape index (κ2) is 4.43. The molecule has 2 aromatic heterocycles. The molecule has 0 atom stereocenters. The van der Waals surface area contributed by atoms with Gasteiger partial charge in [0.1, 0.15) is 12.1 Å². The molecule has 0 spiro atoms. The summed E-state index contributed by atoms with van der Waals surface area (Å²) in [6.07, 6.45) is 3.85. The van der Waals surface area contributed by atoms with Gasteiger partial charge in [-0.25, -0.2) is 4.98 Å². The van der Waals surface area contributed by atoms with Crippen LogP contribution in [0.2, 0.25) is 0 Å². The molecule has 0 amide bonds. The van der Waals surface area contributed by atoms with Gasteiger partial charge in [-0.1, -0.05) is 0 Å². The van der Waals surface area contributed by atoms with E-state index in [0.29, 0.717) is 11.3 Å². The van der Waals surface area contributed by atoms with Crippen molar-refractivity contribution >= 4 is 23.1 Å². The maximum Gasteiger partial charge on any atom is 0.157 e. The minimum atomic E-state index is 0.382. The minimum Gasteiger partial charge on any atom is -0.359 e. The number of rotatable bonds is 3. The summed E-state index contributed by atoms with van der Waals surface area (Å²) in [5, 5.41) is 4.67. The number of aryl methyl sites for hydroxylation is 1. The van der Waals surface area contributed by atoms with Gasteiger partial charge in [-0.05, 0) is 43.4 Å². The van der Waals surface area contributed by atoms with Crippen molar-refractivity contribution in [1.82, 2.24) is 14.6 Å². The van der Waals surface area contributed by atoms with Gasteiger partial charge < -0.3 is 4.90 Å². The van der Waals surface area contributed by atoms with Crippen molar-refractivity contribution in [3.63, 3.8) is 0 Å². The number of nitrogens with zero attached hydrogens (tertiary/aromatic N) is 4. The molecule has 5 heteroatoms. The van der Waals surface area contributed by atoms with Crippen LogP contribution in [0.15, 0.2) is 18.5 Å². The average molecular weight is 265 g/mol. The lowest BCUT2D eigenvalue weighted by atomic mass is 9.84. The van der Waals surface area contributed by atoms with Crippen LogP contribution in [0.5, 0.6) is 0 Å².